The maximum Gasteiger partial charge on any atom is 0.306 e. The Hall–Kier alpha value is -1.92. The van der Waals surface area contributed by atoms with Gasteiger partial charge in [-0.3, -0.25) is 9.59 Å². The summed E-state index contributed by atoms with van der Waals surface area (Å²) < 4.78 is 5.94. The number of aliphatic hydroxyl groups is 2. The molecule has 6 nitrogen and oxygen atoms in total. The zero-order valence-corrected chi connectivity index (χ0v) is 44.3. The lowest BCUT2D eigenvalue weighted by molar-refractivity contribution is -0.151. The van der Waals surface area contributed by atoms with Crippen LogP contribution in [-0.4, -0.2) is 46.9 Å². The Balaban J connectivity index is 4.42. The minimum Gasteiger partial charge on any atom is -0.462 e. The molecule has 0 bridgehead atoms. The molecule has 0 aliphatic rings. The average Bonchev–Trinajstić information content (AvgIpc) is 3.31. The third-order valence-corrected chi connectivity index (χ3v) is 13.5. The molecule has 0 fully saturated rings. The highest BCUT2D eigenvalue weighted by molar-refractivity contribution is 5.77. The van der Waals surface area contributed by atoms with E-state index in [9.17, 15) is 19.8 Å². The molecule has 0 rings (SSSR count). The maximum absolute atomic E-state index is 13.2. The van der Waals surface area contributed by atoms with E-state index in [1.807, 2.05) is 6.08 Å². The molecule has 0 heterocycles. The van der Waals surface area contributed by atoms with Gasteiger partial charge in [0.05, 0.1) is 25.2 Å². The van der Waals surface area contributed by atoms with Crippen LogP contribution in [0.25, 0.3) is 0 Å². The Morgan fingerprint density at radius 2 is 0.818 bits per heavy atom. The predicted molar refractivity (Wildman–Crippen MR) is 287 cm³/mol. The number of carbonyl (C=O) groups excluding carboxylic acids is 2. The Morgan fingerprint density at radius 3 is 1.23 bits per heavy atom. The fourth-order valence-corrected chi connectivity index (χ4v) is 9.14. The number of esters is 1. The van der Waals surface area contributed by atoms with Crippen molar-refractivity contribution < 1.29 is 24.5 Å². The number of unbranched alkanes of at least 4 members (excludes halogenated alkanes) is 37. The first-order valence-corrected chi connectivity index (χ1v) is 29.2. The average molecular weight is 929 g/mol. The Bertz CT molecular complexity index is 1090. The molecule has 0 aromatic rings. The van der Waals surface area contributed by atoms with Crippen molar-refractivity contribution in [2.75, 3.05) is 6.61 Å². The SMILES string of the molecule is CC/C=C/C=C/C=C\CCCCCC(CC(=O)NC(CO)C(O)CCCCCCCCCCCCCCCCCCC)OC(=O)CCCCCCCCCCCCCCCCCCCCC. The second-order valence-corrected chi connectivity index (χ2v) is 20.1. The van der Waals surface area contributed by atoms with E-state index < -0.39 is 18.2 Å². The van der Waals surface area contributed by atoms with E-state index in [1.54, 1.807) is 0 Å². The molecule has 6 heteroatoms. The summed E-state index contributed by atoms with van der Waals surface area (Å²) in [7, 11) is 0. The van der Waals surface area contributed by atoms with Gasteiger partial charge in [0.25, 0.3) is 0 Å². The van der Waals surface area contributed by atoms with Crippen LogP contribution in [0.5, 0.6) is 0 Å². The summed E-state index contributed by atoms with van der Waals surface area (Å²) in [6.07, 6.45) is 65.1. The van der Waals surface area contributed by atoms with Gasteiger partial charge in [0.2, 0.25) is 5.91 Å². The lowest BCUT2D eigenvalue weighted by atomic mass is 10.0. The van der Waals surface area contributed by atoms with Crippen molar-refractivity contribution in [1.82, 2.24) is 5.32 Å². The van der Waals surface area contributed by atoms with Gasteiger partial charge >= 0.3 is 5.97 Å². The largest absolute Gasteiger partial charge is 0.462 e. The van der Waals surface area contributed by atoms with Gasteiger partial charge in [0.15, 0.2) is 0 Å². The summed E-state index contributed by atoms with van der Waals surface area (Å²) in [5, 5.41) is 23.9. The highest BCUT2D eigenvalue weighted by atomic mass is 16.5. The molecule has 66 heavy (non-hydrogen) atoms. The third kappa shape index (κ3) is 48.5. The first-order chi connectivity index (χ1) is 32.5. The smallest absolute Gasteiger partial charge is 0.306 e. The van der Waals surface area contributed by atoms with Crippen molar-refractivity contribution >= 4 is 11.9 Å². The summed E-state index contributed by atoms with van der Waals surface area (Å²) in [6, 6.07) is -0.710. The summed E-state index contributed by atoms with van der Waals surface area (Å²) in [5.74, 6) is -0.493. The van der Waals surface area contributed by atoms with Crippen LogP contribution in [0.2, 0.25) is 0 Å². The third-order valence-electron chi connectivity index (χ3n) is 13.5. The molecule has 0 spiro atoms. The standard InChI is InChI=1S/C60H113NO5/c1-4-7-10-13-16-19-22-24-26-28-29-31-33-35-38-41-44-47-50-53-60(65)66-56(51-48-45-42-39-36-21-18-15-12-9-6-3)54-59(64)61-57(55-62)58(63)52-49-46-43-40-37-34-32-30-27-25-23-20-17-14-11-8-5-2/h9,12,15,18,21,36,56-58,62-63H,4-8,10-11,13-14,16-17,19-20,22-35,37-55H2,1-3H3,(H,61,64)/b12-9+,18-15+,36-21-. The summed E-state index contributed by atoms with van der Waals surface area (Å²) in [4.78, 5) is 26.2. The zero-order chi connectivity index (χ0) is 48.1. The molecule has 0 aliphatic heterocycles. The molecule has 0 saturated heterocycles. The van der Waals surface area contributed by atoms with Crippen molar-refractivity contribution in [2.45, 2.75) is 328 Å². The van der Waals surface area contributed by atoms with Crippen molar-refractivity contribution in [1.29, 1.82) is 0 Å². The number of hydrogen-bond acceptors (Lipinski definition) is 5. The highest BCUT2D eigenvalue weighted by Crippen LogP contribution is 2.19. The van der Waals surface area contributed by atoms with E-state index in [0.29, 0.717) is 19.3 Å². The molecule has 0 radical (unpaired) electrons. The van der Waals surface area contributed by atoms with E-state index in [-0.39, 0.29) is 24.9 Å². The minimum atomic E-state index is -0.795. The van der Waals surface area contributed by atoms with Crippen LogP contribution in [-0.2, 0) is 14.3 Å². The Labute approximate surface area is 411 Å². The number of nitrogens with one attached hydrogen (secondary N) is 1. The van der Waals surface area contributed by atoms with Gasteiger partial charge < -0.3 is 20.3 Å². The van der Waals surface area contributed by atoms with E-state index in [1.165, 1.54) is 193 Å². The van der Waals surface area contributed by atoms with Crippen molar-refractivity contribution in [2.24, 2.45) is 0 Å². The van der Waals surface area contributed by atoms with Gasteiger partial charge in [-0.1, -0.05) is 288 Å². The van der Waals surface area contributed by atoms with Gasteiger partial charge in [-0.05, 0) is 44.9 Å². The first-order valence-electron chi connectivity index (χ1n) is 29.2. The molecule has 0 aromatic heterocycles. The Morgan fingerprint density at radius 1 is 0.455 bits per heavy atom. The first kappa shape index (κ1) is 64.1. The van der Waals surface area contributed by atoms with E-state index in [2.05, 4.69) is 56.5 Å². The molecule has 3 unspecified atom stereocenters. The van der Waals surface area contributed by atoms with Gasteiger partial charge in [-0.15, -0.1) is 0 Å². The highest BCUT2D eigenvalue weighted by Gasteiger charge is 2.24. The van der Waals surface area contributed by atoms with Gasteiger partial charge in [-0.2, -0.15) is 0 Å². The molecule has 3 atom stereocenters. The lowest BCUT2D eigenvalue weighted by Crippen LogP contribution is -2.46. The molecule has 0 saturated carbocycles. The molecule has 3 N–H and O–H groups in total. The topological polar surface area (TPSA) is 95.9 Å². The van der Waals surface area contributed by atoms with E-state index >= 15 is 0 Å². The van der Waals surface area contributed by atoms with Crippen LogP contribution < -0.4 is 5.32 Å². The molecule has 388 valence electrons. The Kier molecular flexibility index (Phi) is 52.5. The number of hydrogen-bond donors (Lipinski definition) is 3. The van der Waals surface area contributed by atoms with Gasteiger partial charge in [-0.25, -0.2) is 0 Å². The van der Waals surface area contributed by atoms with E-state index in [4.69, 9.17) is 4.74 Å². The van der Waals surface area contributed by atoms with Crippen LogP contribution in [0.15, 0.2) is 36.5 Å². The van der Waals surface area contributed by atoms with E-state index in [0.717, 1.165) is 70.6 Å². The molecule has 0 aliphatic carbocycles. The lowest BCUT2D eigenvalue weighted by Gasteiger charge is -2.24. The second-order valence-electron chi connectivity index (χ2n) is 20.1. The molecular formula is C60H113NO5. The molecular weight excluding hydrogens is 815 g/mol. The minimum absolute atomic E-state index is 0.0588. The normalized spacial score (nSPS) is 13.3. The zero-order valence-electron chi connectivity index (χ0n) is 44.3. The van der Waals surface area contributed by atoms with Crippen LogP contribution in [0.4, 0.5) is 0 Å². The number of rotatable bonds is 53. The van der Waals surface area contributed by atoms with Crippen molar-refractivity contribution in [3.05, 3.63) is 36.5 Å². The second kappa shape index (κ2) is 54.0. The monoisotopic (exact) mass is 928 g/mol. The maximum atomic E-state index is 13.2. The van der Waals surface area contributed by atoms with Crippen LogP contribution >= 0.6 is 0 Å². The number of ether oxygens (including phenoxy) is 1. The number of allylic oxidation sites excluding steroid dienone is 6. The molecule has 1 amide bonds. The summed E-state index contributed by atoms with van der Waals surface area (Å²) >= 11 is 0. The quantitative estimate of drug-likeness (QED) is 0.0321. The van der Waals surface area contributed by atoms with Crippen LogP contribution in [0, 0.1) is 0 Å². The van der Waals surface area contributed by atoms with Crippen molar-refractivity contribution in [3.8, 4) is 0 Å². The fraction of sp³-hybridized carbons (Fsp3) is 0.867. The predicted octanol–water partition coefficient (Wildman–Crippen LogP) is 18.0. The van der Waals surface area contributed by atoms with Crippen LogP contribution in [0.3, 0.4) is 0 Å². The van der Waals surface area contributed by atoms with Crippen molar-refractivity contribution in [3.63, 3.8) is 0 Å². The van der Waals surface area contributed by atoms with Crippen LogP contribution in [0.1, 0.15) is 310 Å². The fourth-order valence-electron chi connectivity index (χ4n) is 9.14. The summed E-state index contributed by atoms with van der Waals surface area (Å²) in [6.45, 7) is 6.38. The summed E-state index contributed by atoms with van der Waals surface area (Å²) in [5.41, 5.74) is 0. The van der Waals surface area contributed by atoms with Gasteiger partial charge in [0, 0.05) is 6.42 Å². The number of amides is 1. The number of aliphatic hydroxyl groups excluding tert-OH is 2. The van der Waals surface area contributed by atoms with Gasteiger partial charge in [0.1, 0.15) is 6.10 Å². The number of carbonyl (C=O) groups is 2. The molecule has 0 aromatic carbocycles.